The van der Waals surface area contributed by atoms with Crippen LogP contribution in [0, 0.1) is 10.1 Å². The third-order valence-electron chi connectivity index (χ3n) is 4.15. The van der Waals surface area contributed by atoms with Crippen molar-refractivity contribution in [2.45, 2.75) is 13.3 Å². The number of hydrogen-bond acceptors (Lipinski definition) is 6. The lowest BCUT2D eigenvalue weighted by molar-refractivity contribution is -0.384. The van der Waals surface area contributed by atoms with Gasteiger partial charge in [0, 0.05) is 22.7 Å². The number of non-ortho nitro benzene ring substituents is 1. The molecule has 10 heteroatoms. The van der Waals surface area contributed by atoms with E-state index in [1.807, 2.05) is 6.92 Å². The van der Waals surface area contributed by atoms with E-state index in [1.165, 1.54) is 24.3 Å². The maximum absolute atomic E-state index is 12.9. The zero-order valence-corrected chi connectivity index (χ0v) is 16.5. The van der Waals surface area contributed by atoms with Crippen LogP contribution in [0.3, 0.4) is 0 Å². The van der Waals surface area contributed by atoms with Crippen molar-refractivity contribution >= 4 is 46.9 Å². The molecule has 0 bridgehead atoms. The Labute approximate surface area is 176 Å². The topological polar surface area (TPSA) is 119 Å². The molecule has 1 N–H and O–H groups in total. The van der Waals surface area contributed by atoms with Gasteiger partial charge in [0.1, 0.15) is 11.3 Å². The first kappa shape index (κ1) is 21.0. The summed E-state index contributed by atoms with van der Waals surface area (Å²) in [6, 6.07) is 8.62. The second-order valence-corrected chi connectivity index (χ2v) is 6.70. The second kappa shape index (κ2) is 8.75. The molecule has 0 saturated carbocycles. The van der Waals surface area contributed by atoms with E-state index < -0.39 is 22.8 Å². The predicted molar refractivity (Wildman–Crippen MR) is 109 cm³/mol. The molecule has 0 atom stereocenters. The van der Waals surface area contributed by atoms with Crippen LogP contribution in [0.15, 0.2) is 48.0 Å². The molecular weight excluding hydrogens is 414 g/mol. The summed E-state index contributed by atoms with van der Waals surface area (Å²) < 4.78 is 5.63. The van der Waals surface area contributed by atoms with E-state index in [-0.39, 0.29) is 16.9 Å². The molecule has 2 aromatic rings. The molecule has 30 heavy (non-hydrogen) atoms. The van der Waals surface area contributed by atoms with Gasteiger partial charge in [0.05, 0.1) is 17.2 Å². The molecule has 0 aromatic heterocycles. The molecule has 1 fully saturated rings. The number of nitrogens with one attached hydrogen (secondary N) is 1. The lowest BCUT2D eigenvalue weighted by Gasteiger charge is -2.26. The van der Waals surface area contributed by atoms with Crippen molar-refractivity contribution in [3.63, 3.8) is 0 Å². The van der Waals surface area contributed by atoms with Crippen LogP contribution in [0.2, 0.25) is 5.02 Å². The molecule has 0 radical (unpaired) electrons. The summed E-state index contributed by atoms with van der Waals surface area (Å²) in [5.41, 5.74) is -0.0360. The number of carbonyl (C=O) groups excluding carboxylic acids is 3. The molecule has 4 amide bonds. The molecule has 0 unspecified atom stereocenters. The number of nitro benzene ring substituents is 1. The van der Waals surface area contributed by atoms with Crippen molar-refractivity contribution in [1.82, 2.24) is 5.32 Å². The summed E-state index contributed by atoms with van der Waals surface area (Å²) in [5, 5.41) is 13.3. The number of barbiturate groups is 1. The van der Waals surface area contributed by atoms with Gasteiger partial charge in [0.2, 0.25) is 0 Å². The Morgan fingerprint density at radius 2 is 1.87 bits per heavy atom. The Morgan fingerprint density at radius 1 is 1.17 bits per heavy atom. The number of hydrogen-bond donors (Lipinski definition) is 1. The van der Waals surface area contributed by atoms with Crippen molar-refractivity contribution in [2.24, 2.45) is 0 Å². The monoisotopic (exact) mass is 429 g/mol. The molecule has 1 heterocycles. The molecule has 1 aliphatic rings. The molecule has 2 aromatic carbocycles. The maximum Gasteiger partial charge on any atom is 0.335 e. The van der Waals surface area contributed by atoms with E-state index in [1.54, 1.807) is 12.1 Å². The van der Waals surface area contributed by atoms with Crippen LogP contribution in [0.1, 0.15) is 18.9 Å². The van der Waals surface area contributed by atoms with Crippen LogP contribution in [0.25, 0.3) is 6.08 Å². The predicted octanol–water partition coefficient (Wildman–Crippen LogP) is 3.70. The molecule has 0 aliphatic carbocycles. The van der Waals surface area contributed by atoms with Gasteiger partial charge in [0.15, 0.2) is 0 Å². The molecular formula is C20H16ClN3O6. The highest BCUT2D eigenvalue weighted by Crippen LogP contribution is 2.28. The molecule has 154 valence electrons. The molecule has 0 spiro atoms. The Morgan fingerprint density at radius 3 is 2.50 bits per heavy atom. The molecule has 9 nitrogen and oxygen atoms in total. The molecule has 3 rings (SSSR count). The average molecular weight is 430 g/mol. The van der Waals surface area contributed by atoms with E-state index in [0.717, 1.165) is 23.5 Å². The second-order valence-electron chi connectivity index (χ2n) is 6.26. The first-order valence-corrected chi connectivity index (χ1v) is 9.28. The first-order valence-electron chi connectivity index (χ1n) is 8.90. The normalized spacial score (nSPS) is 15.3. The van der Waals surface area contributed by atoms with Gasteiger partial charge in [-0.3, -0.25) is 25.0 Å². The SMILES string of the molecule is CCCOc1ccc(Cl)cc1C=C1C(=O)NC(=O)N(c2ccc([N+](=O)[O-])cc2)C1=O. The number of imide groups is 2. The fraction of sp³-hybridized carbons (Fsp3) is 0.150. The minimum absolute atomic E-state index is 0.0788. The van der Waals surface area contributed by atoms with Crippen LogP contribution in [-0.4, -0.2) is 29.4 Å². The summed E-state index contributed by atoms with van der Waals surface area (Å²) in [5.74, 6) is -1.32. The zero-order valence-electron chi connectivity index (χ0n) is 15.8. The third kappa shape index (κ3) is 4.31. The van der Waals surface area contributed by atoms with E-state index in [0.29, 0.717) is 22.9 Å². The Kier molecular flexibility index (Phi) is 6.12. The summed E-state index contributed by atoms with van der Waals surface area (Å²) in [6.07, 6.45) is 2.04. The van der Waals surface area contributed by atoms with Crippen molar-refractivity contribution in [1.29, 1.82) is 0 Å². The largest absolute Gasteiger partial charge is 0.493 e. The van der Waals surface area contributed by atoms with E-state index in [4.69, 9.17) is 16.3 Å². The van der Waals surface area contributed by atoms with Crippen molar-refractivity contribution in [3.8, 4) is 5.75 Å². The third-order valence-corrected chi connectivity index (χ3v) is 4.39. The Hall–Kier alpha value is -3.72. The van der Waals surface area contributed by atoms with Crippen molar-refractivity contribution in [2.75, 3.05) is 11.5 Å². The summed E-state index contributed by atoms with van der Waals surface area (Å²) in [4.78, 5) is 48.5. The van der Waals surface area contributed by atoms with Crippen molar-refractivity contribution in [3.05, 3.63) is 68.7 Å². The lowest BCUT2D eigenvalue weighted by atomic mass is 10.1. The highest BCUT2D eigenvalue weighted by atomic mass is 35.5. The van der Waals surface area contributed by atoms with Crippen molar-refractivity contribution < 1.29 is 24.0 Å². The highest BCUT2D eigenvalue weighted by molar-refractivity contribution is 6.39. The van der Waals surface area contributed by atoms with E-state index in [2.05, 4.69) is 5.32 Å². The lowest BCUT2D eigenvalue weighted by Crippen LogP contribution is -2.54. The van der Waals surface area contributed by atoms with Gasteiger partial charge in [-0.05, 0) is 42.8 Å². The fourth-order valence-electron chi connectivity index (χ4n) is 2.75. The number of nitrogens with zero attached hydrogens (tertiary/aromatic N) is 2. The summed E-state index contributed by atoms with van der Waals surface area (Å²) >= 11 is 6.04. The van der Waals surface area contributed by atoms with Crippen LogP contribution in [-0.2, 0) is 9.59 Å². The number of ether oxygens (including phenoxy) is 1. The van der Waals surface area contributed by atoms with E-state index in [9.17, 15) is 24.5 Å². The van der Waals surface area contributed by atoms with Gasteiger partial charge in [-0.25, -0.2) is 9.69 Å². The number of nitro groups is 1. The minimum atomic E-state index is -0.954. The van der Waals surface area contributed by atoms with Crippen LogP contribution < -0.4 is 15.0 Å². The number of rotatable bonds is 6. The van der Waals surface area contributed by atoms with Crippen LogP contribution in [0.5, 0.6) is 5.75 Å². The first-order chi connectivity index (χ1) is 14.3. The average Bonchev–Trinajstić information content (AvgIpc) is 2.70. The van der Waals surface area contributed by atoms with Crippen LogP contribution in [0.4, 0.5) is 16.2 Å². The quantitative estimate of drug-likeness (QED) is 0.323. The number of urea groups is 1. The van der Waals surface area contributed by atoms with Gasteiger partial charge in [-0.15, -0.1) is 0 Å². The van der Waals surface area contributed by atoms with Gasteiger partial charge in [-0.2, -0.15) is 0 Å². The van der Waals surface area contributed by atoms with Gasteiger partial charge >= 0.3 is 6.03 Å². The number of benzene rings is 2. The van der Waals surface area contributed by atoms with Gasteiger partial charge < -0.3 is 4.74 Å². The molecule has 1 saturated heterocycles. The number of halogens is 1. The standard InChI is InChI=1S/C20H16ClN3O6/c1-2-9-30-17-8-3-13(21)10-12(17)11-16-18(25)22-20(27)23(19(16)26)14-4-6-15(7-5-14)24(28)29/h3-8,10-11H,2,9H2,1H3,(H,22,25,27). The van der Waals surface area contributed by atoms with Gasteiger partial charge in [-0.1, -0.05) is 18.5 Å². The zero-order chi connectivity index (χ0) is 21.8. The maximum atomic E-state index is 12.9. The Balaban J connectivity index is 2.00. The van der Waals surface area contributed by atoms with Crippen LogP contribution >= 0.6 is 11.6 Å². The number of carbonyl (C=O) groups is 3. The highest BCUT2D eigenvalue weighted by Gasteiger charge is 2.37. The number of amides is 4. The van der Waals surface area contributed by atoms with Gasteiger partial charge in [0.25, 0.3) is 17.5 Å². The Bertz CT molecular complexity index is 1060. The number of anilines is 1. The summed E-state index contributed by atoms with van der Waals surface area (Å²) in [6.45, 7) is 2.35. The van der Waals surface area contributed by atoms with E-state index >= 15 is 0 Å². The smallest absolute Gasteiger partial charge is 0.335 e. The summed E-state index contributed by atoms with van der Waals surface area (Å²) in [7, 11) is 0. The minimum Gasteiger partial charge on any atom is -0.493 e. The fourth-order valence-corrected chi connectivity index (χ4v) is 2.93. The molecule has 1 aliphatic heterocycles.